The van der Waals surface area contributed by atoms with E-state index in [-0.39, 0.29) is 29.5 Å². The Morgan fingerprint density at radius 2 is 1.34 bits per heavy atom. The zero-order valence-electron chi connectivity index (χ0n) is 36.1. The fraction of sp³-hybridized carbons (Fsp3) is 0.370. The van der Waals surface area contributed by atoms with Crippen LogP contribution in [0.1, 0.15) is 84.7 Å². The molecule has 4 aromatic rings. The Bertz CT molecular complexity index is 2270. The molecule has 2 aliphatic heterocycles. The summed E-state index contributed by atoms with van der Waals surface area (Å²) in [5.41, 5.74) is -1.39. The number of hydrogen-bond acceptors (Lipinski definition) is 14. The second-order valence-electron chi connectivity index (χ2n) is 17.1. The molecule has 3 aromatic carbocycles. The Balaban J connectivity index is 1.36. The van der Waals surface area contributed by atoms with Crippen LogP contribution in [0.4, 0.5) is 5.13 Å². The van der Waals surface area contributed by atoms with Gasteiger partial charge in [0, 0.05) is 23.6 Å². The van der Waals surface area contributed by atoms with Crippen LogP contribution in [-0.4, -0.2) is 85.9 Å². The average molecular weight is 882 g/mol. The van der Waals surface area contributed by atoms with Gasteiger partial charge in [-0.25, -0.2) is 14.6 Å². The van der Waals surface area contributed by atoms with Gasteiger partial charge in [-0.1, -0.05) is 96.2 Å². The number of amides is 2. The molecule has 0 aliphatic carbocycles. The van der Waals surface area contributed by atoms with Gasteiger partial charge in [-0.15, -0.1) is 23.1 Å². The maximum Gasteiger partial charge on any atom is 0.355 e. The lowest BCUT2D eigenvalue weighted by Crippen LogP contribution is -2.71. The molecule has 16 heteroatoms. The molecule has 0 saturated carbocycles. The van der Waals surface area contributed by atoms with E-state index in [4.69, 9.17) is 24.0 Å². The Morgan fingerprint density at radius 1 is 0.806 bits per heavy atom. The van der Waals surface area contributed by atoms with Crippen LogP contribution < -0.4 is 10.6 Å². The quantitative estimate of drug-likeness (QED) is 0.0334. The fourth-order valence-electron chi connectivity index (χ4n) is 6.69. The summed E-state index contributed by atoms with van der Waals surface area (Å²) in [5.74, 6) is -3.24. The summed E-state index contributed by atoms with van der Waals surface area (Å²) < 4.78 is 16.4. The number of ether oxygens (including phenoxy) is 3. The number of anilines is 1. The van der Waals surface area contributed by atoms with Gasteiger partial charge >= 0.3 is 17.9 Å². The number of aromatic nitrogens is 1. The molecule has 1 saturated heterocycles. The highest BCUT2D eigenvalue weighted by molar-refractivity contribution is 8.00. The van der Waals surface area contributed by atoms with Gasteiger partial charge in [0.2, 0.25) is 5.60 Å². The third-order valence-corrected chi connectivity index (χ3v) is 11.6. The molecule has 2 amide bonds. The van der Waals surface area contributed by atoms with E-state index in [9.17, 15) is 24.0 Å². The van der Waals surface area contributed by atoms with E-state index >= 15 is 0 Å². The first-order chi connectivity index (χ1) is 29.2. The largest absolute Gasteiger partial charge is 0.461 e. The predicted octanol–water partition coefficient (Wildman–Crippen LogP) is 6.95. The molecule has 1 fully saturated rings. The Labute approximate surface area is 369 Å². The summed E-state index contributed by atoms with van der Waals surface area (Å²) in [5, 5.41) is 12.0. The van der Waals surface area contributed by atoms with Crippen molar-refractivity contribution in [2.45, 2.75) is 96.1 Å². The van der Waals surface area contributed by atoms with E-state index in [1.807, 2.05) is 91.0 Å². The second kappa shape index (κ2) is 18.2. The van der Waals surface area contributed by atoms with Crippen LogP contribution >= 0.6 is 23.1 Å². The van der Waals surface area contributed by atoms with Crippen molar-refractivity contribution in [3.05, 3.63) is 130 Å². The maximum atomic E-state index is 14.5. The number of esters is 3. The highest BCUT2D eigenvalue weighted by atomic mass is 32.2. The molecular formula is C46H51N5O9S2. The predicted molar refractivity (Wildman–Crippen MR) is 237 cm³/mol. The number of thioether (sulfide) groups is 1. The maximum absolute atomic E-state index is 14.5. The van der Waals surface area contributed by atoms with Gasteiger partial charge in [-0.3, -0.25) is 19.3 Å². The molecule has 1 aromatic heterocycles. The van der Waals surface area contributed by atoms with Crippen LogP contribution in [0.3, 0.4) is 0 Å². The normalized spacial score (nSPS) is 17.0. The molecule has 2 atom stereocenters. The molecule has 326 valence electrons. The van der Waals surface area contributed by atoms with E-state index < -0.39 is 63.5 Å². The summed E-state index contributed by atoms with van der Waals surface area (Å²) in [4.78, 5) is 78.8. The number of rotatable bonds is 14. The van der Waals surface area contributed by atoms with Crippen molar-refractivity contribution in [2.24, 2.45) is 5.16 Å². The van der Waals surface area contributed by atoms with E-state index in [0.717, 1.165) is 16.7 Å². The van der Waals surface area contributed by atoms with Gasteiger partial charge in [0.05, 0.1) is 0 Å². The molecule has 62 heavy (non-hydrogen) atoms. The van der Waals surface area contributed by atoms with Crippen molar-refractivity contribution < 1.29 is 43.0 Å². The Hall–Kier alpha value is -6.00. The van der Waals surface area contributed by atoms with Crippen molar-refractivity contribution in [1.82, 2.24) is 15.2 Å². The number of β-lactam (4-membered cyclic amide) rings is 1. The average Bonchev–Trinajstić information content (AvgIpc) is 3.68. The van der Waals surface area contributed by atoms with Gasteiger partial charge in [0.25, 0.3) is 11.8 Å². The first-order valence-corrected chi connectivity index (χ1v) is 21.9. The zero-order valence-corrected chi connectivity index (χ0v) is 37.8. The molecule has 2 N–H and O–H groups in total. The summed E-state index contributed by atoms with van der Waals surface area (Å²) >= 11 is 2.50. The van der Waals surface area contributed by atoms with E-state index in [2.05, 4.69) is 15.8 Å². The monoisotopic (exact) mass is 881 g/mol. The van der Waals surface area contributed by atoms with Crippen LogP contribution in [0.25, 0.3) is 0 Å². The van der Waals surface area contributed by atoms with E-state index in [1.165, 1.54) is 48.8 Å². The molecular weight excluding hydrogens is 831 g/mol. The third-order valence-electron chi connectivity index (χ3n) is 9.51. The lowest BCUT2D eigenvalue weighted by Gasteiger charge is -2.49. The number of nitrogens with one attached hydrogen (secondary N) is 2. The minimum absolute atomic E-state index is 0.0364. The van der Waals surface area contributed by atoms with Crippen LogP contribution in [0, 0.1) is 0 Å². The SMILES string of the molecule is CC(=O)OCC1=C(C(=O)OC(C)(C)C)N2C(=O)[C@@H](NC(=O)/C(=N\OC(C)(C)C(=O)OC(C)(C)C)c3csc(NC(c4ccccc4)(c4ccccc4)c4ccccc4)n3)[C@H]2SC1. The number of carbonyl (C=O) groups is 5. The minimum Gasteiger partial charge on any atom is -0.461 e. The van der Waals surface area contributed by atoms with Crippen LogP contribution in [0.5, 0.6) is 0 Å². The summed E-state index contributed by atoms with van der Waals surface area (Å²) in [6.45, 7) is 14.2. The first-order valence-electron chi connectivity index (χ1n) is 19.9. The van der Waals surface area contributed by atoms with Crippen molar-refractivity contribution in [3.8, 4) is 0 Å². The number of thiazole rings is 1. The number of oxime groups is 1. The number of carbonyl (C=O) groups excluding carboxylic acids is 5. The molecule has 6 rings (SSSR count). The summed E-state index contributed by atoms with van der Waals surface area (Å²) in [6, 6.07) is 28.7. The smallest absolute Gasteiger partial charge is 0.355 e. The van der Waals surface area contributed by atoms with Crippen LogP contribution in [-0.2, 0) is 48.6 Å². The Kier molecular flexibility index (Phi) is 13.3. The molecule has 2 aliphatic rings. The number of nitrogens with zero attached hydrogens (tertiary/aromatic N) is 3. The highest BCUT2D eigenvalue weighted by Gasteiger charge is 2.55. The van der Waals surface area contributed by atoms with Crippen LogP contribution in [0.15, 0.2) is 113 Å². The minimum atomic E-state index is -1.65. The first kappa shape index (κ1) is 45.5. The van der Waals surface area contributed by atoms with Crippen molar-refractivity contribution in [1.29, 1.82) is 0 Å². The molecule has 3 heterocycles. The highest BCUT2D eigenvalue weighted by Crippen LogP contribution is 2.42. The summed E-state index contributed by atoms with van der Waals surface area (Å²) in [6.07, 6.45) is 0. The van der Waals surface area contributed by atoms with Crippen LogP contribution in [0.2, 0.25) is 0 Å². The standard InChI is InChI=1S/C46H51N5O9S2/c1-28(52)57-25-29-26-61-39-35(38(54)51(39)36(29)40(55)58-43(2,3)4)48-37(53)34(50-60-45(8,9)41(56)59-44(5,6)7)33-27-62-42(47-33)49-46(30-19-13-10-14-20-30,31-21-15-11-16-22-31)32-23-17-12-18-24-32/h10-24,27,35,39H,25-26H2,1-9H3,(H,47,49)(H,48,53)/b50-34-/t35-,39-/m1/s1. The molecule has 14 nitrogen and oxygen atoms in total. The van der Waals surface area contributed by atoms with E-state index in [0.29, 0.717) is 10.7 Å². The second-order valence-corrected chi connectivity index (χ2v) is 19.1. The number of fused-ring (bicyclic) bond motifs is 1. The van der Waals surface area contributed by atoms with Crippen molar-refractivity contribution in [3.63, 3.8) is 0 Å². The van der Waals surface area contributed by atoms with Gasteiger partial charge in [0.1, 0.15) is 46.2 Å². The van der Waals surface area contributed by atoms with Gasteiger partial charge in [-0.05, 0) is 72.1 Å². The number of benzene rings is 3. The zero-order chi connectivity index (χ0) is 45.0. The Morgan fingerprint density at radius 3 is 1.84 bits per heavy atom. The fourth-order valence-corrected chi connectivity index (χ4v) is 8.77. The lowest BCUT2D eigenvalue weighted by atomic mass is 9.77. The molecule has 0 radical (unpaired) electrons. The number of hydrogen-bond donors (Lipinski definition) is 2. The summed E-state index contributed by atoms with van der Waals surface area (Å²) in [7, 11) is 0. The topological polar surface area (TPSA) is 175 Å². The van der Waals surface area contributed by atoms with Crippen molar-refractivity contribution in [2.75, 3.05) is 17.7 Å². The molecule has 0 spiro atoms. The van der Waals surface area contributed by atoms with Gasteiger partial charge in [-0.2, -0.15) is 0 Å². The molecule has 0 unspecified atom stereocenters. The lowest BCUT2D eigenvalue weighted by molar-refractivity contribution is -0.179. The van der Waals surface area contributed by atoms with Gasteiger partial charge in [0.15, 0.2) is 10.8 Å². The van der Waals surface area contributed by atoms with E-state index in [1.54, 1.807) is 46.9 Å². The molecule has 0 bridgehead atoms. The van der Waals surface area contributed by atoms with Gasteiger partial charge < -0.3 is 29.7 Å². The third kappa shape index (κ3) is 10.2. The van der Waals surface area contributed by atoms with Crippen molar-refractivity contribution >= 4 is 63.7 Å².